The van der Waals surface area contributed by atoms with E-state index in [0.717, 1.165) is 32.8 Å². The minimum atomic E-state index is 0.266. The standard InChI is InChI=1S/C42H81NO2/c1-4-7-9-11-13-15-17-19-21-23-25-27-29-31-33-35-37-44-41-39-43(6-3)40-42(41)45-38-36-34-32-30-28-26-24-22-20-18-16-14-12-10-8-5-2/h19-22,41-42H,4-18,23-40H2,1-3H3/t41-,42?/m1/s1. The van der Waals surface area contributed by atoms with E-state index in [4.69, 9.17) is 9.47 Å². The van der Waals surface area contributed by atoms with Crippen LogP contribution in [0, 0.1) is 0 Å². The number of hydrogen-bond acceptors (Lipinski definition) is 3. The molecule has 0 aromatic heterocycles. The molecular formula is C42H81NO2. The van der Waals surface area contributed by atoms with Crippen LogP contribution in [0.25, 0.3) is 0 Å². The van der Waals surface area contributed by atoms with E-state index in [9.17, 15) is 0 Å². The van der Waals surface area contributed by atoms with Crippen molar-refractivity contribution in [3.63, 3.8) is 0 Å². The number of rotatable bonds is 35. The largest absolute Gasteiger partial charge is 0.374 e. The zero-order valence-electron chi connectivity index (χ0n) is 31.1. The monoisotopic (exact) mass is 632 g/mol. The fourth-order valence-corrected chi connectivity index (χ4v) is 6.57. The first-order chi connectivity index (χ1) is 22.3. The molecule has 1 aliphatic rings. The molecule has 0 N–H and O–H groups in total. The van der Waals surface area contributed by atoms with Crippen LogP contribution < -0.4 is 0 Å². The summed E-state index contributed by atoms with van der Waals surface area (Å²) >= 11 is 0. The topological polar surface area (TPSA) is 21.7 Å². The smallest absolute Gasteiger partial charge is 0.0975 e. The van der Waals surface area contributed by atoms with Crippen molar-refractivity contribution in [2.45, 2.75) is 213 Å². The number of likely N-dealkylation sites (N-methyl/N-ethyl adjacent to an activating group) is 1. The van der Waals surface area contributed by atoms with Gasteiger partial charge in [0, 0.05) is 26.3 Å². The molecule has 0 aromatic carbocycles. The van der Waals surface area contributed by atoms with Crippen LogP contribution in [-0.4, -0.2) is 50.0 Å². The summed E-state index contributed by atoms with van der Waals surface area (Å²) in [5.41, 5.74) is 0. The van der Waals surface area contributed by atoms with Gasteiger partial charge in [-0.2, -0.15) is 0 Å². The molecule has 0 saturated carbocycles. The quantitative estimate of drug-likeness (QED) is 0.0513. The van der Waals surface area contributed by atoms with Crippen LogP contribution in [-0.2, 0) is 9.47 Å². The Bertz CT molecular complexity index is 580. The van der Waals surface area contributed by atoms with Gasteiger partial charge in [-0.1, -0.05) is 161 Å². The maximum atomic E-state index is 6.37. The molecule has 3 nitrogen and oxygen atoms in total. The van der Waals surface area contributed by atoms with E-state index in [1.807, 2.05) is 0 Å². The van der Waals surface area contributed by atoms with E-state index in [-0.39, 0.29) is 12.2 Å². The molecule has 1 rings (SSSR count). The molecule has 45 heavy (non-hydrogen) atoms. The fraction of sp³-hybridized carbons (Fsp3) is 0.905. The second-order valence-corrected chi connectivity index (χ2v) is 14.0. The zero-order valence-corrected chi connectivity index (χ0v) is 31.1. The number of unbranched alkanes of at least 4 members (excludes halogenated alkanes) is 24. The van der Waals surface area contributed by atoms with Gasteiger partial charge in [0.05, 0.1) is 12.2 Å². The second kappa shape index (κ2) is 34.7. The molecule has 0 aliphatic carbocycles. The maximum absolute atomic E-state index is 6.37. The van der Waals surface area contributed by atoms with Gasteiger partial charge in [-0.05, 0) is 70.8 Å². The van der Waals surface area contributed by atoms with Crippen molar-refractivity contribution in [1.82, 2.24) is 4.90 Å². The Morgan fingerprint density at radius 3 is 1.00 bits per heavy atom. The average molecular weight is 632 g/mol. The molecule has 0 spiro atoms. The highest BCUT2D eigenvalue weighted by molar-refractivity contribution is 4.86. The summed E-state index contributed by atoms with van der Waals surface area (Å²) in [6, 6.07) is 0. The third kappa shape index (κ3) is 28.1. The zero-order chi connectivity index (χ0) is 32.3. The van der Waals surface area contributed by atoms with E-state index in [1.54, 1.807) is 0 Å². The normalized spacial score (nSPS) is 17.5. The Morgan fingerprint density at radius 1 is 0.400 bits per heavy atom. The van der Waals surface area contributed by atoms with Crippen molar-refractivity contribution in [3.05, 3.63) is 24.3 Å². The molecule has 0 bridgehead atoms. The summed E-state index contributed by atoms with van der Waals surface area (Å²) in [5, 5.41) is 0. The molecule has 1 unspecified atom stereocenters. The van der Waals surface area contributed by atoms with Gasteiger partial charge in [0.1, 0.15) is 0 Å². The van der Waals surface area contributed by atoms with Crippen molar-refractivity contribution < 1.29 is 9.47 Å². The van der Waals surface area contributed by atoms with Gasteiger partial charge in [-0.3, -0.25) is 4.90 Å². The molecule has 0 aromatic rings. The van der Waals surface area contributed by atoms with Gasteiger partial charge < -0.3 is 9.47 Å². The third-order valence-corrected chi connectivity index (χ3v) is 9.71. The van der Waals surface area contributed by atoms with Crippen molar-refractivity contribution in [1.29, 1.82) is 0 Å². The van der Waals surface area contributed by atoms with Gasteiger partial charge in [0.25, 0.3) is 0 Å². The van der Waals surface area contributed by atoms with Gasteiger partial charge in [0.15, 0.2) is 0 Å². The van der Waals surface area contributed by atoms with Crippen LogP contribution in [0.1, 0.15) is 201 Å². The highest BCUT2D eigenvalue weighted by Crippen LogP contribution is 2.19. The summed E-state index contributed by atoms with van der Waals surface area (Å²) < 4.78 is 12.7. The van der Waals surface area contributed by atoms with Crippen LogP contribution in [0.15, 0.2) is 24.3 Å². The van der Waals surface area contributed by atoms with Crippen LogP contribution in [0.2, 0.25) is 0 Å². The minimum Gasteiger partial charge on any atom is -0.374 e. The lowest BCUT2D eigenvalue weighted by molar-refractivity contribution is -0.0481. The lowest BCUT2D eigenvalue weighted by Crippen LogP contribution is -2.30. The Balaban J connectivity index is 1.92. The molecule has 0 radical (unpaired) electrons. The SMILES string of the molecule is CCCCCCCCC=CCCCCCCCCOC1CN(CC)C[C@H]1OCCCCCCCCC=CCCCCCCCC. The Kier molecular flexibility index (Phi) is 32.7. The van der Waals surface area contributed by atoms with Crippen molar-refractivity contribution in [3.8, 4) is 0 Å². The van der Waals surface area contributed by atoms with Crippen LogP contribution in [0.4, 0.5) is 0 Å². The predicted molar refractivity (Wildman–Crippen MR) is 200 cm³/mol. The molecule has 0 amide bonds. The molecule has 266 valence electrons. The third-order valence-electron chi connectivity index (χ3n) is 9.71. The summed E-state index contributed by atoms with van der Waals surface area (Å²) in [4.78, 5) is 2.50. The molecular weight excluding hydrogens is 550 g/mol. The van der Waals surface area contributed by atoms with E-state index in [0.29, 0.717) is 0 Å². The Labute approximate surface area is 283 Å². The molecule has 2 atom stereocenters. The lowest BCUT2D eigenvalue weighted by Gasteiger charge is -2.20. The summed E-state index contributed by atoms with van der Waals surface area (Å²) in [7, 11) is 0. The van der Waals surface area contributed by atoms with Crippen LogP contribution in [0.5, 0.6) is 0 Å². The second-order valence-electron chi connectivity index (χ2n) is 14.0. The van der Waals surface area contributed by atoms with E-state index < -0.39 is 0 Å². The van der Waals surface area contributed by atoms with Crippen molar-refractivity contribution >= 4 is 0 Å². The number of nitrogens with zero attached hydrogens (tertiary/aromatic N) is 1. The first kappa shape index (κ1) is 42.4. The first-order valence-corrected chi connectivity index (χ1v) is 20.6. The summed E-state index contributed by atoms with van der Waals surface area (Å²) in [6.45, 7) is 11.8. The van der Waals surface area contributed by atoms with Gasteiger partial charge in [0.2, 0.25) is 0 Å². The Morgan fingerprint density at radius 2 is 0.689 bits per heavy atom. The first-order valence-electron chi connectivity index (χ1n) is 20.6. The summed E-state index contributed by atoms with van der Waals surface area (Å²) in [5.74, 6) is 0. The molecule has 3 heteroatoms. The van der Waals surface area contributed by atoms with Crippen molar-refractivity contribution in [2.24, 2.45) is 0 Å². The maximum Gasteiger partial charge on any atom is 0.0975 e. The van der Waals surface area contributed by atoms with E-state index >= 15 is 0 Å². The summed E-state index contributed by atoms with van der Waals surface area (Å²) in [6.07, 6.45) is 48.1. The van der Waals surface area contributed by atoms with Crippen LogP contribution >= 0.6 is 0 Å². The van der Waals surface area contributed by atoms with Gasteiger partial charge in [-0.25, -0.2) is 0 Å². The number of likely N-dealkylation sites (tertiary alicyclic amines) is 1. The fourth-order valence-electron chi connectivity index (χ4n) is 6.57. The van der Waals surface area contributed by atoms with Gasteiger partial charge in [-0.15, -0.1) is 0 Å². The molecule has 1 aliphatic heterocycles. The molecule has 1 saturated heterocycles. The highest BCUT2D eigenvalue weighted by Gasteiger charge is 2.33. The average Bonchev–Trinajstić information content (AvgIpc) is 3.45. The number of ether oxygens (including phenoxy) is 2. The molecule has 1 fully saturated rings. The Hall–Kier alpha value is -0.640. The number of hydrogen-bond donors (Lipinski definition) is 0. The minimum absolute atomic E-state index is 0.266. The molecule has 1 heterocycles. The van der Waals surface area contributed by atoms with Crippen molar-refractivity contribution in [2.75, 3.05) is 32.8 Å². The van der Waals surface area contributed by atoms with E-state index in [2.05, 4.69) is 50.0 Å². The van der Waals surface area contributed by atoms with Gasteiger partial charge >= 0.3 is 0 Å². The van der Waals surface area contributed by atoms with E-state index in [1.165, 1.54) is 180 Å². The lowest BCUT2D eigenvalue weighted by atomic mass is 10.1. The predicted octanol–water partition coefficient (Wildman–Crippen LogP) is 13.2. The van der Waals surface area contributed by atoms with Crippen LogP contribution in [0.3, 0.4) is 0 Å². The number of allylic oxidation sites excluding steroid dienone is 4. The highest BCUT2D eigenvalue weighted by atomic mass is 16.5.